The maximum Gasteiger partial charge on any atom is 0.221 e. The number of benzene rings is 1. The number of aldehydes is 1. The lowest BCUT2D eigenvalue weighted by molar-refractivity contribution is -0.114. The molecule has 0 fully saturated rings. The van der Waals surface area contributed by atoms with Crippen LogP contribution in [-0.4, -0.2) is 18.8 Å². The Balaban J connectivity index is 3.19. The van der Waals surface area contributed by atoms with Crippen molar-refractivity contribution >= 4 is 17.9 Å². The van der Waals surface area contributed by atoms with Gasteiger partial charge in [-0.25, -0.2) is 0 Å². The summed E-state index contributed by atoms with van der Waals surface area (Å²) in [7, 11) is 0. The number of amides is 1. The van der Waals surface area contributed by atoms with Gasteiger partial charge in [0.1, 0.15) is 12.0 Å². The van der Waals surface area contributed by atoms with E-state index in [4.69, 9.17) is 4.74 Å². The highest BCUT2D eigenvalue weighted by Gasteiger charge is 2.08. The highest BCUT2D eigenvalue weighted by Crippen LogP contribution is 2.27. The van der Waals surface area contributed by atoms with Gasteiger partial charge in [0.05, 0.1) is 6.61 Å². The van der Waals surface area contributed by atoms with Crippen LogP contribution in [0.3, 0.4) is 0 Å². The molecule has 1 N–H and O–H groups in total. The van der Waals surface area contributed by atoms with Crippen LogP contribution in [0.4, 0.5) is 5.69 Å². The Kier molecular flexibility index (Phi) is 4.05. The zero-order valence-corrected chi connectivity index (χ0v) is 9.66. The predicted octanol–water partition coefficient (Wildman–Crippen LogP) is 2.16. The topological polar surface area (TPSA) is 55.4 Å². The molecule has 0 saturated carbocycles. The van der Waals surface area contributed by atoms with E-state index in [1.54, 1.807) is 12.1 Å². The summed E-state index contributed by atoms with van der Waals surface area (Å²) in [5.41, 5.74) is 1.92. The predicted molar refractivity (Wildman–Crippen MR) is 62.0 cm³/mol. The summed E-state index contributed by atoms with van der Waals surface area (Å²) in [6.45, 7) is 5.64. The first-order chi connectivity index (χ1) is 7.58. The van der Waals surface area contributed by atoms with E-state index < -0.39 is 0 Å². The molecule has 0 aromatic heterocycles. The van der Waals surface area contributed by atoms with Gasteiger partial charge in [0, 0.05) is 23.7 Å². The number of ether oxygens (including phenoxy) is 1. The van der Waals surface area contributed by atoms with Crippen molar-refractivity contribution in [2.45, 2.75) is 20.8 Å². The molecule has 0 heterocycles. The van der Waals surface area contributed by atoms with Gasteiger partial charge in [0.2, 0.25) is 5.91 Å². The Bertz CT molecular complexity index is 413. The van der Waals surface area contributed by atoms with Gasteiger partial charge in [0.25, 0.3) is 0 Å². The molecule has 1 aromatic carbocycles. The van der Waals surface area contributed by atoms with Crippen LogP contribution >= 0.6 is 0 Å². The number of nitrogens with one attached hydrogen (secondary N) is 1. The van der Waals surface area contributed by atoms with E-state index in [-0.39, 0.29) is 5.91 Å². The fraction of sp³-hybridized carbons (Fsp3) is 0.333. The van der Waals surface area contributed by atoms with Crippen molar-refractivity contribution in [2.24, 2.45) is 0 Å². The van der Waals surface area contributed by atoms with E-state index in [0.717, 1.165) is 11.8 Å². The minimum Gasteiger partial charge on any atom is -0.494 e. The summed E-state index contributed by atoms with van der Waals surface area (Å²) in [6, 6.07) is 3.30. The van der Waals surface area contributed by atoms with Gasteiger partial charge in [-0.3, -0.25) is 9.59 Å². The van der Waals surface area contributed by atoms with E-state index in [2.05, 4.69) is 5.32 Å². The number of carbonyl (C=O) groups excluding carboxylic acids is 2. The van der Waals surface area contributed by atoms with Gasteiger partial charge in [0.15, 0.2) is 0 Å². The average molecular weight is 221 g/mol. The molecule has 0 bridgehead atoms. The van der Waals surface area contributed by atoms with Crippen LogP contribution in [-0.2, 0) is 4.79 Å². The lowest BCUT2D eigenvalue weighted by Crippen LogP contribution is -2.08. The molecular formula is C12H15NO3. The number of hydrogen-bond acceptors (Lipinski definition) is 3. The largest absolute Gasteiger partial charge is 0.494 e. The van der Waals surface area contributed by atoms with E-state index in [1.807, 2.05) is 13.8 Å². The molecule has 16 heavy (non-hydrogen) atoms. The third-order valence-electron chi connectivity index (χ3n) is 2.13. The molecule has 0 spiro atoms. The van der Waals surface area contributed by atoms with Crippen LogP contribution in [0.1, 0.15) is 29.8 Å². The van der Waals surface area contributed by atoms with Gasteiger partial charge in [-0.15, -0.1) is 0 Å². The number of hydrogen-bond donors (Lipinski definition) is 1. The SMILES string of the molecule is CCOc1cc(C=O)cc(NC(C)=O)c1C. The summed E-state index contributed by atoms with van der Waals surface area (Å²) in [5.74, 6) is 0.449. The molecule has 1 rings (SSSR count). The highest BCUT2D eigenvalue weighted by atomic mass is 16.5. The number of rotatable bonds is 4. The maximum absolute atomic E-state index is 11.0. The molecule has 0 aliphatic carbocycles. The molecule has 86 valence electrons. The third kappa shape index (κ3) is 2.82. The normalized spacial score (nSPS) is 9.69. The minimum absolute atomic E-state index is 0.173. The van der Waals surface area contributed by atoms with Gasteiger partial charge in [-0.05, 0) is 26.0 Å². The maximum atomic E-state index is 11.0. The molecule has 0 unspecified atom stereocenters. The van der Waals surface area contributed by atoms with Gasteiger partial charge >= 0.3 is 0 Å². The monoisotopic (exact) mass is 221 g/mol. The van der Waals surface area contributed by atoms with Gasteiger partial charge < -0.3 is 10.1 Å². The van der Waals surface area contributed by atoms with E-state index in [9.17, 15) is 9.59 Å². The van der Waals surface area contributed by atoms with Gasteiger partial charge in [-0.2, -0.15) is 0 Å². The Morgan fingerprint density at radius 3 is 2.69 bits per heavy atom. The molecule has 4 nitrogen and oxygen atoms in total. The Morgan fingerprint density at radius 2 is 2.19 bits per heavy atom. The first kappa shape index (κ1) is 12.2. The standard InChI is InChI=1S/C12H15NO3/c1-4-16-12-6-10(7-14)5-11(8(12)2)13-9(3)15/h5-7H,4H2,1-3H3,(H,13,15). The summed E-state index contributed by atoms with van der Waals surface area (Å²) < 4.78 is 5.39. The zero-order chi connectivity index (χ0) is 12.1. The van der Waals surface area contributed by atoms with Crippen LogP contribution in [0.25, 0.3) is 0 Å². The fourth-order valence-corrected chi connectivity index (χ4v) is 1.40. The Hall–Kier alpha value is -1.84. The van der Waals surface area contributed by atoms with Crippen molar-refractivity contribution in [3.63, 3.8) is 0 Å². The molecule has 1 amide bonds. The smallest absolute Gasteiger partial charge is 0.221 e. The summed E-state index contributed by atoms with van der Waals surface area (Å²) in [5, 5.41) is 2.67. The second kappa shape index (κ2) is 5.30. The van der Waals surface area contributed by atoms with E-state index >= 15 is 0 Å². The quantitative estimate of drug-likeness (QED) is 0.793. The van der Waals surface area contributed by atoms with Gasteiger partial charge in [-0.1, -0.05) is 0 Å². The van der Waals surface area contributed by atoms with Crippen LogP contribution < -0.4 is 10.1 Å². The van der Waals surface area contributed by atoms with Crippen molar-refractivity contribution in [3.05, 3.63) is 23.3 Å². The Labute approximate surface area is 94.6 Å². The van der Waals surface area contributed by atoms with Crippen molar-refractivity contribution < 1.29 is 14.3 Å². The zero-order valence-electron chi connectivity index (χ0n) is 9.66. The van der Waals surface area contributed by atoms with Crippen molar-refractivity contribution in [2.75, 3.05) is 11.9 Å². The molecule has 0 saturated heterocycles. The van der Waals surface area contributed by atoms with Crippen molar-refractivity contribution in [1.29, 1.82) is 0 Å². The molecule has 0 atom stereocenters. The molecule has 0 radical (unpaired) electrons. The lowest BCUT2D eigenvalue weighted by Gasteiger charge is -2.12. The van der Waals surface area contributed by atoms with Crippen molar-refractivity contribution in [1.82, 2.24) is 0 Å². The minimum atomic E-state index is -0.173. The first-order valence-electron chi connectivity index (χ1n) is 5.08. The first-order valence-corrected chi connectivity index (χ1v) is 5.08. The third-order valence-corrected chi connectivity index (χ3v) is 2.13. The Morgan fingerprint density at radius 1 is 1.50 bits per heavy atom. The van der Waals surface area contributed by atoms with E-state index in [0.29, 0.717) is 23.6 Å². The molecule has 0 aliphatic rings. The van der Waals surface area contributed by atoms with Crippen LogP contribution in [0.5, 0.6) is 5.75 Å². The molecule has 0 aliphatic heterocycles. The van der Waals surface area contributed by atoms with Crippen LogP contribution in [0, 0.1) is 6.92 Å². The second-order valence-electron chi connectivity index (χ2n) is 3.42. The fourth-order valence-electron chi connectivity index (χ4n) is 1.40. The summed E-state index contributed by atoms with van der Waals surface area (Å²) >= 11 is 0. The van der Waals surface area contributed by atoms with E-state index in [1.165, 1.54) is 6.92 Å². The number of carbonyl (C=O) groups is 2. The average Bonchev–Trinajstić information content (AvgIpc) is 2.23. The van der Waals surface area contributed by atoms with Crippen LogP contribution in [0.2, 0.25) is 0 Å². The summed E-state index contributed by atoms with van der Waals surface area (Å²) in [4.78, 5) is 21.7. The highest BCUT2D eigenvalue weighted by molar-refractivity contribution is 5.91. The molecule has 4 heteroatoms. The van der Waals surface area contributed by atoms with Crippen molar-refractivity contribution in [3.8, 4) is 5.75 Å². The lowest BCUT2D eigenvalue weighted by atomic mass is 10.1. The second-order valence-corrected chi connectivity index (χ2v) is 3.42. The molecular weight excluding hydrogens is 206 g/mol. The number of anilines is 1. The molecule has 1 aromatic rings. The van der Waals surface area contributed by atoms with Crippen LogP contribution in [0.15, 0.2) is 12.1 Å². The summed E-state index contributed by atoms with van der Waals surface area (Å²) in [6.07, 6.45) is 0.729.